The van der Waals surface area contributed by atoms with Gasteiger partial charge < -0.3 is 23.5 Å². The molecule has 33 heavy (non-hydrogen) atoms. The van der Waals surface area contributed by atoms with Gasteiger partial charge in [-0.1, -0.05) is 0 Å². The standard InChI is InChI=1S/C25H27NO6S/c1-4-31-25(28)19-14-26-20(16-6-9-33-15-16)10-17-11-24(32-8-5-7-29-2)23(30-3)12-18(17)21(26)13-22(19)27/h6,9,11-15,20H,4-5,7-8,10H2,1-3H3. The van der Waals surface area contributed by atoms with Gasteiger partial charge in [0.1, 0.15) is 5.56 Å². The van der Waals surface area contributed by atoms with Crippen LogP contribution in [0.2, 0.25) is 0 Å². The molecular weight excluding hydrogens is 442 g/mol. The number of nitrogens with zero attached hydrogens (tertiary/aromatic N) is 1. The van der Waals surface area contributed by atoms with Gasteiger partial charge in [-0.05, 0) is 53.4 Å². The summed E-state index contributed by atoms with van der Waals surface area (Å²) in [5.41, 5.74) is 3.45. The molecule has 0 saturated heterocycles. The number of pyridine rings is 1. The number of carbonyl (C=O) groups is 1. The van der Waals surface area contributed by atoms with Crippen molar-refractivity contribution in [2.45, 2.75) is 25.8 Å². The first kappa shape index (κ1) is 23.1. The fourth-order valence-corrected chi connectivity index (χ4v) is 4.81. The Balaban J connectivity index is 1.82. The average Bonchev–Trinajstić information content (AvgIpc) is 3.35. The fraction of sp³-hybridized carbons (Fsp3) is 0.360. The van der Waals surface area contributed by atoms with Gasteiger partial charge in [-0.15, -0.1) is 0 Å². The van der Waals surface area contributed by atoms with Crippen molar-refractivity contribution in [2.75, 3.05) is 34.0 Å². The molecule has 3 heterocycles. The Hall–Kier alpha value is -3.10. The molecule has 2 aromatic heterocycles. The van der Waals surface area contributed by atoms with Gasteiger partial charge in [0.25, 0.3) is 0 Å². The van der Waals surface area contributed by atoms with Gasteiger partial charge in [0, 0.05) is 38.0 Å². The molecule has 0 radical (unpaired) electrons. The summed E-state index contributed by atoms with van der Waals surface area (Å²) in [6.45, 7) is 3.06. The largest absolute Gasteiger partial charge is 0.493 e. The lowest BCUT2D eigenvalue weighted by molar-refractivity contribution is 0.0523. The number of carbonyl (C=O) groups excluding carboxylic acids is 1. The molecule has 0 amide bonds. The van der Waals surface area contributed by atoms with E-state index < -0.39 is 5.97 Å². The summed E-state index contributed by atoms with van der Waals surface area (Å²) >= 11 is 1.61. The molecule has 1 aromatic carbocycles. The van der Waals surface area contributed by atoms with Crippen LogP contribution in [0.4, 0.5) is 0 Å². The van der Waals surface area contributed by atoms with Crippen molar-refractivity contribution in [3.8, 4) is 22.8 Å². The second-order valence-corrected chi connectivity index (χ2v) is 8.48. The average molecular weight is 470 g/mol. The monoisotopic (exact) mass is 469 g/mol. The number of ether oxygens (including phenoxy) is 4. The highest BCUT2D eigenvalue weighted by Crippen LogP contribution is 2.43. The van der Waals surface area contributed by atoms with E-state index >= 15 is 0 Å². The number of esters is 1. The molecule has 1 aliphatic rings. The van der Waals surface area contributed by atoms with Crippen molar-refractivity contribution < 1.29 is 23.7 Å². The second-order valence-electron chi connectivity index (χ2n) is 7.70. The van der Waals surface area contributed by atoms with Gasteiger partial charge in [-0.2, -0.15) is 11.3 Å². The topological polar surface area (TPSA) is 76.0 Å². The van der Waals surface area contributed by atoms with Crippen molar-refractivity contribution in [1.29, 1.82) is 0 Å². The predicted molar refractivity (Wildman–Crippen MR) is 127 cm³/mol. The Morgan fingerprint density at radius 1 is 1.18 bits per heavy atom. The van der Waals surface area contributed by atoms with Crippen molar-refractivity contribution in [3.63, 3.8) is 0 Å². The Morgan fingerprint density at radius 2 is 2.03 bits per heavy atom. The first-order chi connectivity index (χ1) is 16.1. The van der Waals surface area contributed by atoms with Crippen molar-refractivity contribution in [3.05, 3.63) is 68.1 Å². The number of benzene rings is 1. The number of hydrogen-bond donors (Lipinski definition) is 0. The minimum absolute atomic E-state index is 0.0364. The SMILES string of the molecule is CCOC(=O)c1cn2c(cc1=O)-c1cc(OC)c(OCCCOC)cc1CC2c1ccsc1. The zero-order chi connectivity index (χ0) is 23.4. The fourth-order valence-electron chi connectivity index (χ4n) is 4.10. The maximum atomic E-state index is 12.9. The molecule has 1 unspecified atom stereocenters. The zero-order valence-corrected chi connectivity index (χ0v) is 19.8. The van der Waals surface area contributed by atoms with E-state index in [0.717, 1.165) is 28.8 Å². The summed E-state index contributed by atoms with van der Waals surface area (Å²) in [6.07, 6.45) is 3.08. The Morgan fingerprint density at radius 3 is 2.73 bits per heavy atom. The summed E-state index contributed by atoms with van der Waals surface area (Å²) in [7, 11) is 3.26. The van der Waals surface area contributed by atoms with Crippen LogP contribution in [-0.2, 0) is 15.9 Å². The van der Waals surface area contributed by atoms with Crippen LogP contribution >= 0.6 is 11.3 Å². The molecular formula is C25H27NO6S. The Bertz CT molecular complexity index is 1180. The van der Waals surface area contributed by atoms with Gasteiger partial charge in [-0.25, -0.2) is 4.79 Å². The van der Waals surface area contributed by atoms with E-state index in [4.69, 9.17) is 18.9 Å². The number of thiophene rings is 1. The van der Waals surface area contributed by atoms with Crippen LogP contribution in [0.5, 0.6) is 11.5 Å². The molecule has 0 aliphatic carbocycles. The molecule has 0 fully saturated rings. The second kappa shape index (κ2) is 10.2. The summed E-state index contributed by atoms with van der Waals surface area (Å²) in [6, 6.07) is 7.41. The lowest BCUT2D eigenvalue weighted by Gasteiger charge is -2.31. The third-order valence-electron chi connectivity index (χ3n) is 5.67. The van der Waals surface area contributed by atoms with Gasteiger partial charge in [0.15, 0.2) is 16.9 Å². The van der Waals surface area contributed by atoms with E-state index in [1.54, 1.807) is 38.7 Å². The first-order valence-electron chi connectivity index (χ1n) is 10.9. The molecule has 1 aliphatic heterocycles. The van der Waals surface area contributed by atoms with Crippen LogP contribution < -0.4 is 14.9 Å². The van der Waals surface area contributed by atoms with Gasteiger partial charge >= 0.3 is 5.97 Å². The Kier molecular flexibility index (Phi) is 7.15. The minimum Gasteiger partial charge on any atom is -0.493 e. The van der Waals surface area contributed by atoms with Crippen molar-refractivity contribution >= 4 is 17.3 Å². The van der Waals surface area contributed by atoms with E-state index in [9.17, 15) is 9.59 Å². The maximum absolute atomic E-state index is 12.9. The van der Waals surface area contributed by atoms with Crippen LogP contribution in [0.3, 0.4) is 0 Å². The zero-order valence-electron chi connectivity index (χ0n) is 19.0. The number of aromatic nitrogens is 1. The minimum atomic E-state index is -0.606. The predicted octanol–water partition coefficient (Wildman–Crippen LogP) is 4.32. The number of methoxy groups -OCH3 is 2. The third-order valence-corrected chi connectivity index (χ3v) is 6.37. The summed E-state index contributed by atoms with van der Waals surface area (Å²) < 4.78 is 23.8. The molecule has 1 atom stereocenters. The molecule has 3 aromatic rings. The lowest BCUT2D eigenvalue weighted by Crippen LogP contribution is -2.26. The quantitative estimate of drug-likeness (QED) is 0.343. The lowest BCUT2D eigenvalue weighted by atomic mass is 9.89. The number of rotatable bonds is 9. The molecule has 0 bridgehead atoms. The number of fused-ring (bicyclic) bond motifs is 3. The summed E-state index contributed by atoms with van der Waals surface area (Å²) in [4.78, 5) is 25.3. The molecule has 7 nitrogen and oxygen atoms in total. The highest BCUT2D eigenvalue weighted by atomic mass is 32.1. The van der Waals surface area contributed by atoms with Crippen LogP contribution in [-0.4, -0.2) is 44.6 Å². The molecule has 4 rings (SSSR count). The van der Waals surface area contributed by atoms with Gasteiger partial charge in [-0.3, -0.25) is 4.79 Å². The van der Waals surface area contributed by atoms with E-state index in [2.05, 4.69) is 11.4 Å². The normalized spacial score (nSPS) is 14.3. The van der Waals surface area contributed by atoms with Crippen molar-refractivity contribution in [2.24, 2.45) is 0 Å². The van der Waals surface area contributed by atoms with E-state index in [1.807, 2.05) is 22.1 Å². The van der Waals surface area contributed by atoms with Crippen LogP contribution in [0.1, 0.15) is 40.9 Å². The van der Waals surface area contributed by atoms with Crippen LogP contribution in [0, 0.1) is 0 Å². The van der Waals surface area contributed by atoms with Crippen LogP contribution in [0.25, 0.3) is 11.3 Å². The van der Waals surface area contributed by atoms with E-state index in [-0.39, 0.29) is 23.6 Å². The van der Waals surface area contributed by atoms with E-state index in [0.29, 0.717) is 31.1 Å². The first-order valence-corrected chi connectivity index (χ1v) is 11.8. The number of hydrogen-bond acceptors (Lipinski definition) is 7. The van der Waals surface area contributed by atoms with Crippen LogP contribution in [0.15, 0.2) is 46.0 Å². The molecule has 0 N–H and O–H groups in total. The highest BCUT2D eigenvalue weighted by Gasteiger charge is 2.29. The van der Waals surface area contributed by atoms with Gasteiger partial charge in [0.05, 0.1) is 32.1 Å². The maximum Gasteiger partial charge on any atom is 0.343 e. The Labute approximate surface area is 196 Å². The summed E-state index contributed by atoms with van der Waals surface area (Å²) in [5, 5.41) is 4.12. The van der Waals surface area contributed by atoms with E-state index in [1.165, 1.54) is 6.07 Å². The smallest absolute Gasteiger partial charge is 0.343 e. The summed E-state index contributed by atoms with van der Waals surface area (Å²) in [5.74, 6) is 0.647. The molecule has 8 heteroatoms. The highest BCUT2D eigenvalue weighted by molar-refractivity contribution is 7.08. The molecule has 0 saturated carbocycles. The molecule has 0 spiro atoms. The van der Waals surface area contributed by atoms with Gasteiger partial charge in [0.2, 0.25) is 0 Å². The van der Waals surface area contributed by atoms with Crippen molar-refractivity contribution in [1.82, 2.24) is 4.57 Å². The molecule has 174 valence electrons. The third kappa shape index (κ3) is 4.67.